The number of nitrogens with zero attached hydrogens (tertiary/aromatic N) is 1. The lowest BCUT2D eigenvalue weighted by atomic mass is 9.95. The summed E-state index contributed by atoms with van der Waals surface area (Å²) in [5.74, 6) is -1.94. The summed E-state index contributed by atoms with van der Waals surface area (Å²) < 4.78 is 19.0. The fourth-order valence-electron chi connectivity index (χ4n) is 3.61. The summed E-state index contributed by atoms with van der Waals surface area (Å²) in [6, 6.07) is 8.27. The van der Waals surface area contributed by atoms with Gasteiger partial charge < -0.3 is 14.7 Å². The van der Waals surface area contributed by atoms with Crippen molar-refractivity contribution in [2.24, 2.45) is 0 Å². The van der Waals surface area contributed by atoms with E-state index in [0.29, 0.717) is 17.0 Å². The van der Waals surface area contributed by atoms with E-state index in [2.05, 4.69) is 0 Å². The number of rotatable bonds is 5. The maximum absolute atomic E-state index is 13.4. The highest BCUT2D eigenvalue weighted by Gasteiger charge is 2.45. The number of ketones is 1. The van der Waals surface area contributed by atoms with Crippen LogP contribution >= 0.6 is 11.3 Å². The minimum absolute atomic E-state index is 0.0343. The molecule has 2 atom stereocenters. The second-order valence-corrected chi connectivity index (χ2v) is 7.56. The standard InChI is InChI=1S/C20H18FNO4S/c21-13-7-5-12(6-8-13)17-16(18(23)15-4-2-10-27-15)19(24)20(25)22(17)11-14-3-1-9-26-14/h2,4-8,10,14,17,24H,1,3,9,11H2/t14-,17-/m0/s1. The van der Waals surface area contributed by atoms with Crippen molar-refractivity contribution in [1.82, 2.24) is 4.90 Å². The van der Waals surface area contributed by atoms with Gasteiger partial charge in [0.05, 0.1) is 22.6 Å². The molecule has 2 aliphatic heterocycles. The number of thiophene rings is 1. The van der Waals surface area contributed by atoms with Crippen LogP contribution in [0.15, 0.2) is 53.1 Å². The number of carbonyl (C=O) groups excluding carboxylic acids is 2. The second-order valence-electron chi connectivity index (χ2n) is 6.62. The summed E-state index contributed by atoms with van der Waals surface area (Å²) in [5, 5.41) is 12.3. The Morgan fingerprint density at radius 1 is 1.30 bits per heavy atom. The molecule has 0 aliphatic carbocycles. The quantitative estimate of drug-likeness (QED) is 0.796. The van der Waals surface area contributed by atoms with Crippen LogP contribution in [0.5, 0.6) is 0 Å². The highest BCUT2D eigenvalue weighted by Crippen LogP contribution is 2.40. The van der Waals surface area contributed by atoms with Gasteiger partial charge in [0.2, 0.25) is 5.78 Å². The number of hydrogen-bond donors (Lipinski definition) is 1. The molecule has 1 N–H and O–H groups in total. The van der Waals surface area contributed by atoms with Crippen molar-refractivity contribution in [2.45, 2.75) is 25.0 Å². The third kappa shape index (κ3) is 3.28. The zero-order chi connectivity index (χ0) is 19.0. The number of benzene rings is 1. The fourth-order valence-corrected chi connectivity index (χ4v) is 4.29. The molecule has 5 nitrogen and oxygen atoms in total. The van der Waals surface area contributed by atoms with Crippen LogP contribution in [-0.4, -0.2) is 41.0 Å². The summed E-state index contributed by atoms with van der Waals surface area (Å²) in [4.78, 5) is 27.7. The van der Waals surface area contributed by atoms with Crippen LogP contribution in [-0.2, 0) is 9.53 Å². The number of Topliss-reactive ketones (excluding diaryl/α,β-unsaturated/α-hetero) is 1. The van der Waals surface area contributed by atoms with Crippen molar-refractivity contribution in [2.75, 3.05) is 13.2 Å². The van der Waals surface area contributed by atoms with Gasteiger partial charge in [-0.2, -0.15) is 0 Å². The van der Waals surface area contributed by atoms with Gasteiger partial charge >= 0.3 is 0 Å². The van der Waals surface area contributed by atoms with E-state index in [-0.39, 0.29) is 24.0 Å². The first-order valence-electron chi connectivity index (χ1n) is 8.75. The van der Waals surface area contributed by atoms with Crippen LogP contribution in [0.2, 0.25) is 0 Å². The maximum Gasteiger partial charge on any atom is 0.290 e. The molecule has 27 heavy (non-hydrogen) atoms. The average Bonchev–Trinajstić information content (AvgIpc) is 3.41. The molecule has 4 rings (SSSR count). The monoisotopic (exact) mass is 387 g/mol. The van der Waals surface area contributed by atoms with Gasteiger partial charge in [-0.15, -0.1) is 11.3 Å². The second kappa shape index (κ2) is 7.25. The van der Waals surface area contributed by atoms with Gasteiger partial charge in [0, 0.05) is 13.2 Å². The third-order valence-electron chi connectivity index (χ3n) is 4.90. The van der Waals surface area contributed by atoms with E-state index in [4.69, 9.17) is 4.74 Å². The summed E-state index contributed by atoms with van der Waals surface area (Å²) >= 11 is 1.25. The van der Waals surface area contributed by atoms with Crippen molar-refractivity contribution < 1.29 is 23.8 Å². The molecule has 0 bridgehead atoms. The first kappa shape index (κ1) is 17.9. The number of aliphatic hydroxyl groups is 1. The van der Waals surface area contributed by atoms with E-state index >= 15 is 0 Å². The van der Waals surface area contributed by atoms with E-state index in [1.807, 2.05) is 0 Å². The van der Waals surface area contributed by atoms with Crippen LogP contribution in [0.4, 0.5) is 4.39 Å². The number of carbonyl (C=O) groups is 2. The van der Waals surface area contributed by atoms with E-state index in [0.717, 1.165) is 12.8 Å². The summed E-state index contributed by atoms with van der Waals surface area (Å²) in [7, 11) is 0. The van der Waals surface area contributed by atoms with Gasteiger partial charge in [0.25, 0.3) is 5.91 Å². The van der Waals surface area contributed by atoms with E-state index in [9.17, 15) is 19.1 Å². The number of hydrogen-bond acceptors (Lipinski definition) is 5. The van der Waals surface area contributed by atoms with Crippen molar-refractivity contribution in [1.29, 1.82) is 0 Å². The minimum Gasteiger partial charge on any atom is -0.503 e. The minimum atomic E-state index is -0.767. The molecular weight excluding hydrogens is 369 g/mol. The normalized spacial score (nSPS) is 22.7. The lowest BCUT2D eigenvalue weighted by molar-refractivity contribution is -0.131. The Hall–Kier alpha value is -2.51. The van der Waals surface area contributed by atoms with E-state index in [1.165, 1.54) is 40.5 Å². The predicted molar refractivity (Wildman–Crippen MR) is 98.1 cm³/mol. The van der Waals surface area contributed by atoms with Crippen molar-refractivity contribution in [3.63, 3.8) is 0 Å². The average molecular weight is 387 g/mol. The van der Waals surface area contributed by atoms with Crippen LogP contribution in [0, 0.1) is 5.82 Å². The van der Waals surface area contributed by atoms with Gasteiger partial charge in [-0.25, -0.2) is 4.39 Å². The highest BCUT2D eigenvalue weighted by molar-refractivity contribution is 7.12. The van der Waals surface area contributed by atoms with Gasteiger partial charge in [-0.3, -0.25) is 9.59 Å². The summed E-state index contributed by atoms with van der Waals surface area (Å²) in [6.45, 7) is 0.903. The smallest absolute Gasteiger partial charge is 0.290 e. The number of ether oxygens (including phenoxy) is 1. The Labute approximate surface area is 159 Å². The van der Waals surface area contributed by atoms with Gasteiger partial charge in [0.1, 0.15) is 5.82 Å². The molecule has 3 heterocycles. The molecule has 1 aromatic carbocycles. The molecule has 0 unspecified atom stereocenters. The fraction of sp³-hybridized carbons (Fsp3) is 0.300. The first-order valence-corrected chi connectivity index (χ1v) is 9.63. The van der Waals surface area contributed by atoms with Crippen molar-refractivity contribution in [3.05, 3.63) is 69.4 Å². The molecule has 1 fully saturated rings. The maximum atomic E-state index is 13.4. The lowest BCUT2D eigenvalue weighted by Crippen LogP contribution is -2.37. The molecule has 0 saturated carbocycles. The topological polar surface area (TPSA) is 66.8 Å². The van der Waals surface area contributed by atoms with Crippen molar-refractivity contribution in [3.8, 4) is 0 Å². The van der Waals surface area contributed by atoms with Crippen LogP contribution in [0.1, 0.15) is 34.1 Å². The van der Waals surface area contributed by atoms with Crippen LogP contribution < -0.4 is 0 Å². The van der Waals surface area contributed by atoms with Crippen LogP contribution in [0.25, 0.3) is 0 Å². The first-order chi connectivity index (χ1) is 13.1. The van der Waals surface area contributed by atoms with Crippen LogP contribution in [0.3, 0.4) is 0 Å². The molecule has 2 aliphatic rings. The van der Waals surface area contributed by atoms with E-state index in [1.54, 1.807) is 17.5 Å². The Balaban J connectivity index is 1.75. The molecule has 2 aromatic rings. The van der Waals surface area contributed by atoms with Gasteiger partial charge in [-0.05, 0) is 42.0 Å². The molecule has 0 spiro atoms. The highest BCUT2D eigenvalue weighted by atomic mass is 32.1. The molecule has 140 valence electrons. The number of aliphatic hydroxyl groups excluding tert-OH is 1. The summed E-state index contributed by atoms with van der Waals surface area (Å²) in [6.07, 6.45) is 1.59. The molecular formula is C20H18FNO4S. The SMILES string of the molecule is O=C(C1=C(O)C(=O)N(C[C@@H]2CCCO2)[C@H]1c1ccc(F)cc1)c1cccs1. The van der Waals surface area contributed by atoms with Crippen molar-refractivity contribution >= 4 is 23.0 Å². The Kier molecular flexibility index (Phi) is 4.80. The third-order valence-corrected chi connectivity index (χ3v) is 5.77. The van der Waals surface area contributed by atoms with Gasteiger partial charge in [-0.1, -0.05) is 18.2 Å². The van der Waals surface area contributed by atoms with Gasteiger partial charge in [0.15, 0.2) is 5.76 Å². The Morgan fingerprint density at radius 3 is 2.70 bits per heavy atom. The molecule has 1 amide bonds. The molecule has 7 heteroatoms. The summed E-state index contributed by atoms with van der Waals surface area (Å²) in [5.41, 5.74) is 0.610. The Bertz CT molecular complexity index is 885. The van der Waals surface area contributed by atoms with E-state index < -0.39 is 23.5 Å². The molecule has 1 aromatic heterocycles. The Morgan fingerprint density at radius 2 is 2.07 bits per heavy atom. The molecule has 1 saturated heterocycles. The zero-order valence-corrected chi connectivity index (χ0v) is 15.2. The predicted octanol–water partition coefficient (Wildman–Crippen LogP) is 3.64. The largest absolute Gasteiger partial charge is 0.503 e. The number of amides is 1. The lowest BCUT2D eigenvalue weighted by Gasteiger charge is -2.28. The number of halogens is 1. The molecule has 0 radical (unpaired) electrons. The zero-order valence-electron chi connectivity index (χ0n) is 14.4.